The summed E-state index contributed by atoms with van der Waals surface area (Å²) in [5.74, 6) is -1.61. The zero-order chi connectivity index (χ0) is 28.0. The lowest BCUT2D eigenvalue weighted by Crippen LogP contribution is -2.49. The van der Waals surface area contributed by atoms with Crippen LogP contribution in [0.4, 0.5) is 8.78 Å². The Bertz CT molecular complexity index is 1370. The maximum atomic E-state index is 13.6. The molecule has 0 N–H and O–H groups in total. The number of methoxy groups -OCH3 is 2. The van der Waals surface area contributed by atoms with E-state index in [1.54, 1.807) is 31.4 Å². The Morgan fingerprint density at radius 1 is 0.923 bits per heavy atom. The number of carbonyl (C=O) groups is 1. The van der Waals surface area contributed by atoms with Crippen LogP contribution in [0.1, 0.15) is 27.6 Å². The van der Waals surface area contributed by atoms with Gasteiger partial charge in [-0.05, 0) is 47.5 Å². The average Bonchev–Trinajstić information content (AvgIpc) is 2.95. The van der Waals surface area contributed by atoms with E-state index in [1.807, 2.05) is 24.3 Å². The summed E-state index contributed by atoms with van der Waals surface area (Å²) >= 11 is 0. The monoisotopic (exact) mass is 560 g/mol. The fourth-order valence-corrected chi connectivity index (χ4v) is 5.83. The van der Waals surface area contributed by atoms with E-state index >= 15 is 0 Å². The highest BCUT2D eigenvalue weighted by atomic mass is 32.2. The van der Waals surface area contributed by atoms with Gasteiger partial charge in [-0.25, -0.2) is 22.0 Å². The van der Waals surface area contributed by atoms with Crippen LogP contribution in [0.5, 0.6) is 5.75 Å². The van der Waals surface area contributed by atoms with Gasteiger partial charge in [0.2, 0.25) is 10.0 Å². The quantitative estimate of drug-likeness (QED) is 0.346. The first-order valence-corrected chi connectivity index (χ1v) is 13.7. The number of piperazine rings is 1. The number of esters is 1. The van der Waals surface area contributed by atoms with Gasteiger partial charge in [0.05, 0.1) is 37.4 Å². The molecule has 208 valence electrons. The molecule has 1 fully saturated rings. The van der Waals surface area contributed by atoms with Gasteiger partial charge >= 0.3 is 5.97 Å². The van der Waals surface area contributed by atoms with Crippen LogP contribution < -0.4 is 4.74 Å². The number of hydrogen-bond donors (Lipinski definition) is 0. The lowest BCUT2D eigenvalue weighted by atomic mass is 10.1. The summed E-state index contributed by atoms with van der Waals surface area (Å²) in [6.45, 7) is 1.92. The van der Waals surface area contributed by atoms with E-state index in [0.717, 1.165) is 23.3 Å². The van der Waals surface area contributed by atoms with Gasteiger partial charge in [-0.3, -0.25) is 4.90 Å². The first-order chi connectivity index (χ1) is 18.7. The van der Waals surface area contributed by atoms with Crippen molar-refractivity contribution in [1.29, 1.82) is 0 Å². The first-order valence-electron chi connectivity index (χ1n) is 12.3. The van der Waals surface area contributed by atoms with E-state index in [2.05, 4.69) is 4.90 Å². The largest absolute Gasteiger partial charge is 0.497 e. The normalized spacial score (nSPS) is 15.6. The summed E-state index contributed by atoms with van der Waals surface area (Å²) in [5.41, 5.74) is 2.21. The van der Waals surface area contributed by atoms with Crippen molar-refractivity contribution in [3.63, 3.8) is 0 Å². The predicted molar refractivity (Wildman–Crippen MR) is 140 cm³/mol. The molecule has 4 rings (SSSR count). The van der Waals surface area contributed by atoms with Gasteiger partial charge in [0.25, 0.3) is 0 Å². The smallest absolute Gasteiger partial charge is 0.337 e. The van der Waals surface area contributed by atoms with E-state index < -0.39 is 32.5 Å². The lowest BCUT2D eigenvalue weighted by molar-refractivity contribution is 0.00761. The molecule has 0 saturated carbocycles. The molecular formula is C28H30F2N2O6S. The minimum absolute atomic E-state index is 0.167. The molecule has 0 unspecified atom stereocenters. The molecule has 39 heavy (non-hydrogen) atoms. The Morgan fingerprint density at radius 2 is 1.59 bits per heavy atom. The van der Waals surface area contributed by atoms with Crippen LogP contribution in [-0.2, 0) is 26.1 Å². The molecule has 0 radical (unpaired) electrons. The molecular weight excluding hydrogens is 530 g/mol. The third kappa shape index (κ3) is 7.18. The number of sulfonamides is 1. The SMILES string of the molecule is COC(=O)c1ccc(CO[C@H](CN2CCN(S(=O)(=O)c3cc(F)cc(F)c3)CC2)c2cccc(OC)c2)cc1. The molecule has 0 amide bonds. The van der Waals surface area contributed by atoms with Gasteiger partial charge in [0.1, 0.15) is 17.4 Å². The van der Waals surface area contributed by atoms with Gasteiger partial charge in [-0.2, -0.15) is 4.31 Å². The van der Waals surface area contributed by atoms with Crippen LogP contribution in [0.3, 0.4) is 0 Å². The van der Waals surface area contributed by atoms with Crippen molar-refractivity contribution in [1.82, 2.24) is 9.21 Å². The minimum atomic E-state index is -4.03. The van der Waals surface area contributed by atoms with E-state index in [0.29, 0.717) is 37.0 Å². The van der Waals surface area contributed by atoms with Crippen molar-refractivity contribution < 1.29 is 36.2 Å². The van der Waals surface area contributed by atoms with Gasteiger partial charge in [-0.15, -0.1) is 0 Å². The molecule has 1 saturated heterocycles. The van der Waals surface area contributed by atoms with Crippen molar-refractivity contribution in [3.05, 3.63) is 95.1 Å². The van der Waals surface area contributed by atoms with Crippen LogP contribution in [0.15, 0.2) is 71.6 Å². The summed E-state index contributed by atoms with van der Waals surface area (Å²) in [6.07, 6.45) is -0.360. The molecule has 3 aromatic carbocycles. The van der Waals surface area contributed by atoms with Crippen LogP contribution >= 0.6 is 0 Å². The topological polar surface area (TPSA) is 85.4 Å². The average molecular weight is 561 g/mol. The summed E-state index contributed by atoms with van der Waals surface area (Å²) in [6, 6.07) is 16.8. The second-order valence-electron chi connectivity index (χ2n) is 9.07. The molecule has 3 aromatic rings. The number of ether oxygens (including phenoxy) is 3. The molecule has 0 spiro atoms. The zero-order valence-corrected chi connectivity index (χ0v) is 22.5. The van der Waals surface area contributed by atoms with Crippen LogP contribution in [0.2, 0.25) is 0 Å². The van der Waals surface area contributed by atoms with Crippen molar-refractivity contribution in [2.24, 2.45) is 0 Å². The summed E-state index contributed by atoms with van der Waals surface area (Å²) < 4.78 is 70.9. The highest BCUT2D eigenvalue weighted by Gasteiger charge is 2.30. The van der Waals surface area contributed by atoms with Crippen molar-refractivity contribution in [3.8, 4) is 5.75 Å². The number of benzene rings is 3. The third-order valence-corrected chi connectivity index (χ3v) is 8.40. The van der Waals surface area contributed by atoms with Crippen LogP contribution in [0, 0.1) is 11.6 Å². The Balaban J connectivity index is 1.44. The number of hydrogen-bond acceptors (Lipinski definition) is 7. The molecule has 1 atom stereocenters. The van der Waals surface area contributed by atoms with Crippen LogP contribution in [0.25, 0.3) is 0 Å². The molecule has 1 aliphatic heterocycles. The standard InChI is InChI=1S/C28H30F2N2O6S/c1-36-25-5-3-4-22(14-25)27(38-19-20-6-8-21(9-7-20)28(33)37-2)18-31-10-12-32(13-11-31)39(34,35)26-16-23(29)15-24(30)17-26/h3-9,14-17,27H,10-13,18-19H2,1-2H3/t27-/m1/s1. The van der Waals surface area contributed by atoms with E-state index in [9.17, 15) is 22.0 Å². The fourth-order valence-electron chi connectivity index (χ4n) is 4.36. The molecule has 8 nitrogen and oxygen atoms in total. The number of halogens is 2. The van der Waals surface area contributed by atoms with Crippen molar-refractivity contribution in [2.75, 3.05) is 46.9 Å². The van der Waals surface area contributed by atoms with E-state index in [-0.39, 0.29) is 25.8 Å². The minimum Gasteiger partial charge on any atom is -0.497 e. The number of nitrogens with zero attached hydrogens (tertiary/aromatic N) is 2. The predicted octanol–water partition coefficient (Wildman–Crippen LogP) is 4.02. The second-order valence-corrected chi connectivity index (χ2v) is 11.0. The van der Waals surface area contributed by atoms with Gasteiger partial charge in [0, 0.05) is 38.8 Å². The van der Waals surface area contributed by atoms with E-state index in [1.165, 1.54) is 11.4 Å². The summed E-state index contributed by atoms with van der Waals surface area (Å²) in [7, 11) is -1.12. The summed E-state index contributed by atoms with van der Waals surface area (Å²) in [4.78, 5) is 13.4. The highest BCUT2D eigenvalue weighted by molar-refractivity contribution is 7.89. The fraction of sp³-hybridized carbons (Fsp3) is 0.321. The first kappa shape index (κ1) is 28.6. The maximum Gasteiger partial charge on any atom is 0.337 e. The number of carbonyl (C=O) groups excluding carboxylic acids is 1. The van der Waals surface area contributed by atoms with Gasteiger partial charge in [0.15, 0.2) is 0 Å². The Kier molecular flexibility index (Phi) is 9.28. The highest BCUT2D eigenvalue weighted by Crippen LogP contribution is 2.26. The molecule has 1 heterocycles. The Labute approximate surface area is 226 Å². The van der Waals surface area contributed by atoms with E-state index in [4.69, 9.17) is 14.2 Å². The molecule has 0 aromatic heterocycles. The molecule has 1 aliphatic rings. The van der Waals surface area contributed by atoms with Crippen molar-refractivity contribution in [2.45, 2.75) is 17.6 Å². The zero-order valence-electron chi connectivity index (χ0n) is 21.7. The third-order valence-electron chi connectivity index (χ3n) is 6.52. The summed E-state index contributed by atoms with van der Waals surface area (Å²) in [5, 5.41) is 0. The molecule has 0 aliphatic carbocycles. The molecule has 11 heteroatoms. The van der Waals surface area contributed by atoms with Gasteiger partial charge < -0.3 is 14.2 Å². The lowest BCUT2D eigenvalue weighted by Gasteiger charge is -2.36. The second kappa shape index (κ2) is 12.6. The number of rotatable bonds is 10. The van der Waals surface area contributed by atoms with Gasteiger partial charge in [-0.1, -0.05) is 24.3 Å². The van der Waals surface area contributed by atoms with Crippen molar-refractivity contribution >= 4 is 16.0 Å². The maximum absolute atomic E-state index is 13.6. The Morgan fingerprint density at radius 3 is 2.21 bits per heavy atom. The van der Waals surface area contributed by atoms with Crippen LogP contribution in [-0.4, -0.2) is 70.5 Å². The Hall–Kier alpha value is -3.38. The molecule has 0 bridgehead atoms.